The van der Waals surface area contributed by atoms with Gasteiger partial charge in [-0.3, -0.25) is 4.57 Å². The molecule has 0 amide bonds. The monoisotopic (exact) mass is 417 g/mol. The van der Waals surface area contributed by atoms with Crippen molar-refractivity contribution in [1.82, 2.24) is 9.55 Å². The van der Waals surface area contributed by atoms with Crippen LogP contribution in [0.4, 0.5) is 10.3 Å². The molecule has 102 valence electrons. The van der Waals surface area contributed by atoms with Crippen LogP contribution in [0.25, 0.3) is 16.7 Å². The van der Waals surface area contributed by atoms with Gasteiger partial charge in [0.05, 0.1) is 26.2 Å². The van der Waals surface area contributed by atoms with E-state index in [9.17, 15) is 4.39 Å². The molecule has 0 fully saturated rings. The Kier molecular flexibility index (Phi) is 3.48. The molecule has 0 radical (unpaired) electrons. The second kappa shape index (κ2) is 5.02. The Labute approximate surface area is 135 Å². The predicted molar refractivity (Wildman–Crippen MR) is 85.9 cm³/mol. The van der Waals surface area contributed by atoms with Crippen molar-refractivity contribution in [2.24, 2.45) is 0 Å². The molecule has 0 bridgehead atoms. The van der Waals surface area contributed by atoms with Crippen LogP contribution in [-0.2, 0) is 0 Å². The maximum Gasteiger partial charge on any atom is 0.205 e. The first-order valence-corrected chi connectivity index (χ1v) is 7.52. The first kappa shape index (κ1) is 13.9. The highest BCUT2D eigenvalue weighted by molar-refractivity contribution is 9.10. The van der Waals surface area contributed by atoms with Crippen LogP contribution in [0.2, 0.25) is 5.02 Å². The largest absolute Gasteiger partial charge is 0.369 e. The predicted octanol–water partition coefficient (Wildman–Crippen LogP) is 4.93. The molecule has 0 saturated heterocycles. The summed E-state index contributed by atoms with van der Waals surface area (Å²) in [5.74, 6) is -0.0993. The Morgan fingerprint density at radius 1 is 1.15 bits per heavy atom. The molecule has 2 aromatic carbocycles. The van der Waals surface area contributed by atoms with Crippen molar-refractivity contribution < 1.29 is 4.39 Å². The van der Waals surface area contributed by atoms with E-state index in [0.29, 0.717) is 20.5 Å². The second-order valence-electron chi connectivity index (χ2n) is 4.16. The number of imidazole rings is 1. The van der Waals surface area contributed by atoms with Gasteiger partial charge < -0.3 is 5.73 Å². The SMILES string of the molecule is Nc1nc2cc(Br)c(F)cc2n1-c1ccc(Br)c(Cl)c1. The summed E-state index contributed by atoms with van der Waals surface area (Å²) in [7, 11) is 0. The highest BCUT2D eigenvalue weighted by Crippen LogP contribution is 2.30. The zero-order valence-corrected chi connectivity index (χ0v) is 13.8. The third-order valence-electron chi connectivity index (χ3n) is 2.88. The van der Waals surface area contributed by atoms with Crippen LogP contribution in [0.3, 0.4) is 0 Å². The molecular weight excluding hydrogens is 412 g/mol. The van der Waals surface area contributed by atoms with Gasteiger partial charge in [0.15, 0.2) is 0 Å². The van der Waals surface area contributed by atoms with E-state index in [4.69, 9.17) is 17.3 Å². The summed E-state index contributed by atoms with van der Waals surface area (Å²) in [6.45, 7) is 0. The summed E-state index contributed by atoms with van der Waals surface area (Å²) in [6, 6.07) is 8.35. The van der Waals surface area contributed by atoms with E-state index in [0.717, 1.165) is 10.2 Å². The molecular formula is C13H7Br2ClFN3. The molecule has 1 heterocycles. The van der Waals surface area contributed by atoms with E-state index in [1.54, 1.807) is 22.8 Å². The van der Waals surface area contributed by atoms with Crippen molar-refractivity contribution in [2.75, 3.05) is 5.73 Å². The Morgan fingerprint density at radius 3 is 2.60 bits per heavy atom. The van der Waals surface area contributed by atoms with Gasteiger partial charge in [-0.25, -0.2) is 9.37 Å². The number of aromatic nitrogens is 2. The van der Waals surface area contributed by atoms with Gasteiger partial charge in [0.2, 0.25) is 5.95 Å². The Bertz CT molecular complexity index is 832. The number of nitrogens with zero attached hydrogens (tertiary/aromatic N) is 2. The topological polar surface area (TPSA) is 43.8 Å². The van der Waals surface area contributed by atoms with Gasteiger partial charge >= 0.3 is 0 Å². The molecule has 3 rings (SSSR count). The Morgan fingerprint density at radius 2 is 1.90 bits per heavy atom. The molecule has 3 aromatic rings. The third kappa shape index (κ3) is 2.21. The molecule has 0 spiro atoms. The second-order valence-corrected chi connectivity index (χ2v) is 6.27. The maximum atomic E-state index is 13.7. The summed E-state index contributed by atoms with van der Waals surface area (Å²) in [5, 5.41) is 0.543. The van der Waals surface area contributed by atoms with E-state index in [1.807, 2.05) is 6.07 Å². The van der Waals surface area contributed by atoms with Crippen LogP contribution >= 0.6 is 43.5 Å². The first-order valence-electron chi connectivity index (χ1n) is 5.56. The zero-order valence-electron chi connectivity index (χ0n) is 9.87. The molecule has 20 heavy (non-hydrogen) atoms. The molecule has 0 unspecified atom stereocenters. The number of halogens is 4. The quantitative estimate of drug-likeness (QED) is 0.608. The van der Waals surface area contributed by atoms with Crippen LogP contribution < -0.4 is 5.73 Å². The summed E-state index contributed by atoms with van der Waals surface area (Å²) >= 11 is 12.6. The van der Waals surface area contributed by atoms with E-state index >= 15 is 0 Å². The van der Waals surface area contributed by atoms with Gasteiger partial charge in [0, 0.05) is 10.5 Å². The van der Waals surface area contributed by atoms with E-state index in [-0.39, 0.29) is 11.8 Å². The van der Waals surface area contributed by atoms with Gasteiger partial charge in [-0.05, 0) is 56.1 Å². The van der Waals surface area contributed by atoms with Crippen LogP contribution in [0.15, 0.2) is 39.3 Å². The molecule has 7 heteroatoms. The fourth-order valence-corrected chi connectivity index (χ4v) is 2.74. The normalized spacial score (nSPS) is 11.2. The average Bonchev–Trinajstić information content (AvgIpc) is 2.69. The average molecular weight is 419 g/mol. The van der Waals surface area contributed by atoms with Gasteiger partial charge in [-0.1, -0.05) is 11.6 Å². The summed E-state index contributed by atoms with van der Waals surface area (Å²) in [4.78, 5) is 4.23. The standard InChI is InChI=1S/C13H7Br2ClFN3/c14-7-2-1-6(3-9(7)16)20-12-5-10(17)8(15)4-11(12)19-13(20)18/h1-5H,(H2,18,19). The number of fused-ring (bicyclic) bond motifs is 1. The lowest BCUT2D eigenvalue weighted by Crippen LogP contribution is -2.00. The van der Waals surface area contributed by atoms with Gasteiger partial charge in [-0.15, -0.1) is 0 Å². The summed E-state index contributed by atoms with van der Waals surface area (Å²) in [5.41, 5.74) is 7.85. The molecule has 0 aliphatic carbocycles. The van der Waals surface area contributed by atoms with Crippen molar-refractivity contribution >= 4 is 60.4 Å². The number of benzene rings is 2. The van der Waals surface area contributed by atoms with Crippen molar-refractivity contribution in [3.8, 4) is 5.69 Å². The van der Waals surface area contributed by atoms with Gasteiger partial charge in [0.1, 0.15) is 5.82 Å². The van der Waals surface area contributed by atoms with Crippen molar-refractivity contribution in [3.05, 3.63) is 50.1 Å². The van der Waals surface area contributed by atoms with Gasteiger partial charge in [-0.2, -0.15) is 0 Å². The summed E-state index contributed by atoms with van der Waals surface area (Å²) < 4.78 is 16.5. The fraction of sp³-hybridized carbons (Fsp3) is 0. The number of nitrogen functional groups attached to an aromatic ring is 1. The van der Waals surface area contributed by atoms with Crippen LogP contribution in [0.1, 0.15) is 0 Å². The van der Waals surface area contributed by atoms with Crippen LogP contribution in [0.5, 0.6) is 0 Å². The Hall–Kier alpha value is -1.11. The first-order chi connectivity index (χ1) is 9.47. The van der Waals surface area contributed by atoms with E-state index < -0.39 is 0 Å². The minimum atomic E-state index is -0.373. The minimum Gasteiger partial charge on any atom is -0.369 e. The number of anilines is 1. The zero-order chi connectivity index (χ0) is 14.4. The third-order valence-corrected chi connectivity index (χ3v) is 4.72. The molecule has 0 atom stereocenters. The molecule has 1 aromatic heterocycles. The summed E-state index contributed by atoms with van der Waals surface area (Å²) in [6.07, 6.45) is 0. The smallest absolute Gasteiger partial charge is 0.205 e. The van der Waals surface area contributed by atoms with Crippen LogP contribution in [-0.4, -0.2) is 9.55 Å². The molecule has 2 N–H and O–H groups in total. The maximum absolute atomic E-state index is 13.7. The molecule has 0 aliphatic heterocycles. The molecule has 3 nitrogen and oxygen atoms in total. The van der Waals surface area contributed by atoms with Crippen molar-refractivity contribution in [1.29, 1.82) is 0 Å². The van der Waals surface area contributed by atoms with Crippen molar-refractivity contribution in [3.63, 3.8) is 0 Å². The van der Waals surface area contributed by atoms with E-state index in [2.05, 4.69) is 36.8 Å². The highest BCUT2D eigenvalue weighted by Gasteiger charge is 2.13. The number of hydrogen-bond donors (Lipinski definition) is 1. The van der Waals surface area contributed by atoms with Crippen LogP contribution in [0, 0.1) is 5.82 Å². The molecule has 0 aliphatic rings. The Balaban J connectivity index is 2.32. The van der Waals surface area contributed by atoms with Crippen molar-refractivity contribution in [2.45, 2.75) is 0 Å². The fourth-order valence-electron chi connectivity index (χ4n) is 1.99. The minimum absolute atomic E-state index is 0.274. The lowest BCUT2D eigenvalue weighted by Gasteiger charge is -2.08. The molecule has 0 saturated carbocycles. The lowest BCUT2D eigenvalue weighted by atomic mass is 10.2. The highest BCUT2D eigenvalue weighted by atomic mass is 79.9. The number of hydrogen-bond acceptors (Lipinski definition) is 2. The number of nitrogens with two attached hydrogens (primary N) is 1. The number of rotatable bonds is 1. The van der Waals surface area contributed by atoms with Gasteiger partial charge in [0.25, 0.3) is 0 Å². The van der Waals surface area contributed by atoms with E-state index in [1.165, 1.54) is 6.07 Å². The lowest BCUT2D eigenvalue weighted by molar-refractivity contribution is 0.622.